The van der Waals surface area contributed by atoms with Gasteiger partial charge in [-0.15, -0.1) is 24.0 Å². The van der Waals surface area contributed by atoms with Gasteiger partial charge in [-0.25, -0.2) is 9.79 Å². The average Bonchev–Trinajstić information content (AvgIpc) is 2.61. The number of amides is 1. The Balaban J connectivity index is 0.00000338. The van der Waals surface area contributed by atoms with Crippen molar-refractivity contribution in [3.05, 3.63) is 39.9 Å². The van der Waals surface area contributed by atoms with Gasteiger partial charge in [-0.2, -0.15) is 0 Å². The Hall–Kier alpha value is -2.11. The van der Waals surface area contributed by atoms with E-state index in [-0.39, 0.29) is 41.8 Å². The summed E-state index contributed by atoms with van der Waals surface area (Å²) >= 11 is 0. The molecule has 1 amide bonds. The molecule has 0 aliphatic carbocycles. The highest BCUT2D eigenvalue weighted by atomic mass is 127. The molecule has 1 aliphatic heterocycles. The van der Waals surface area contributed by atoms with Gasteiger partial charge >= 0.3 is 6.09 Å². The number of nitro groups is 1. The first-order valence-corrected chi connectivity index (χ1v) is 8.21. The number of hydrogen-bond donors (Lipinski definition) is 2. The fraction of sp³-hybridized carbons (Fsp3) is 0.500. The fourth-order valence-electron chi connectivity index (χ4n) is 2.58. The zero-order valence-electron chi connectivity index (χ0n) is 14.6. The van der Waals surface area contributed by atoms with Gasteiger partial charge in [0.25, 0.3) is 5.69 Å². The Morgan fingerprint density at radius 1 is 1.38 bits per heavy atom. The van der Waals surface area contributed by atoms with Gasteiger partial charge in [-0.1, -0.05) is 12.1 Å². The van der Waals surface area contributed by atoms with E-state index in [1.807, 2.05) is 0 Å². The fourth-order valence-corrected chi connectivity index (χ4v) is 2.58. The maximum absolute atomic E-state index is 11.6. The second-order valence-electron chi connectivity index (χ2n) is 5.73. The summed E-state index contributed by atoms with van der Waals surface area (Å²) in [5.41, 5.74) is 6.79. The Labute approximate surface area is 169 Å². The molecular weight excluding hydrogens is 453 g/mol. The van der Waals surface area contributed by atoms with E-state index in [1.165, 1.54) is 12.1 Å². The second-order valence-corrected chi connectivity index (χ2v) is 5.73. The van der Waals surface area contributed by atoms with Crippen LogP contribution in [0.25, 0.3) is 0 Å². The molecule has 26 heavy (non-hydrogen) atoms. The Morgan fingerprint density at radius 3 is 2.54 bits per heavy atom. The van der Waals surface area contributed by atoms with Crippen LogP contribution in [0.1, 0.15) is 25.3 Å². The minimum Gasteiger partial charge on any atom is -0.450 e. The van der Waals surface area contributed by atoms with Crippen LogP contribution in [0.3, 0.4) is 0 Å². The van der Waals surface area contributed by atoms with E-state index in [4.69, 9.17) is 10.5 Å². The molecule has 0 spiro atoms. The monoisotopic (exact) mass is 477 g/mol. The summed E-state index contributed by atoms with van der Waals surface area (Å²) in [7, 11) is 0. The summed E-state index contributed by atoms with van der Waals surface area (Å²) in [6.45, 7) is 3.74. The van der Waals surface area contributed by atoms with Gasteiger partial charge in [0.15, 0.2) is 5.96 Å². The molecule has 0 unspecified atom stereocenters. The summed E-state index contributed by atoms with van der Waals surface area (Å²) in [6, 6.07) is 6.37. The molecule has 0 aromatic heterocycles. The zero-order chi connectivity index (χ0) is 18.2. The number of hydrogen-bond acceptors (Lipinski definition) is 5. The minimum atomic E-state index is -0.439. The smallest absolute Gasteiger partial charge is 0.409 e. The summed E-state index contributed by atoms with van der Waals surface area (Å²) < 4.78 is 4.98. The van der Waals surface area contributed by atoms with Gasteiger partial charge < -0.3 is 20.7 Å². The van der Waals surface area contributed by atoms with Crippen LogP contribution in [-0.4, -0.2) is 47.6 Å². The molecule has 0 bridgehead atoms. The number of nitrogens with one attached hydrogen (secondary N) is 1. The third-order valence-electron chi connectivity index (χ3n) is 3.95. The lowest BCUT2D eigenvalue weighted by Crippen LogP contribution is -2.48. The van der Waals surface area contributed by atoms with Crippen LogP contribution in [0.2, 0.25) is 0 Å². The van der Waals surface area contributed by atoms with Crippen LogP contribution in [-0.2, 0) is 11.3 Å². The lowest BCUT2D eigenvalue weighted by molar-refractivity contribution is -0.384. The van der Waals surface area contributed by atoms with Gasteiger partial charge in [0.2, 0.25) is 0 Å². The topological polar surface area (TPSA) is 123 Å². The number of likely N-dealkylation sites (tertiary alicyclic amines) is 1. The standard InChI is InChI=1S/C16H23N5O4.HI/c1-2-25-16(22)20-9-7-13(8-10-20)19-15(17)18-11-12-3-5-14(6-4-12)21(23)24;/h3-6,13H,2,7-11H2,1H3,(H3,17,18,19);1H. The summed E-state index contributed by atoms with van der Waals surface area (Å²) in [5, 5.41) is 13.8. The van der Waals surface area contributed by atoms with Crippen molar-refractivity contribution in [1.29, 1.82) is 0 Å². The van der Waals surface area contributed by atoms with Crippen molar-refractivity contribution in [2.24, 2.45) is 10.7 Å². The minimum absolute atomic E-state index is 0. The number of piperidine rings is 1. The number of nitrogens with zero attached hydrogens (tertiary/aromatic N) is 3. The highest BCUT2D eigenvalue weighted by molar-refractivity contribution is 14.0. The van der Waals surface area contributed by atoms with Crippen molar-refractivity contribution in [1.82, 2.24) is 10.2 Å². The molecular formula is C16H24IN5O4. The number of halogens is 1. The van der Waals surface area contributed by atoms with Crippen molar-refractivity contribution >= 4 is 41.7 Å². The lowest BCUT2D eigenvalue weighted by atomic mass is 10.1. The van der Waals surface area contributed by atoms with Crippen LogP contribution in [0.5, 0.6) is 0 Å². The highest BCUT2D eigenvalue weighted by Crippen LogP contribution is 2.13. The van der Waals surface area contributed by atoms with Gasteiger partial charge in [0.05, 0.1) is 18.1 Å². The van der Waals surface area contributed by atoms with Crippen molar-refractivity contribution in [2.75, 3.05) is 19.7 Å². The number of guanidine groups is 1. The van der Waals surface area contributed by atoms with Crippen LogP contribution < -0.4 is 11.1 Å². The van der Waals surface area contributed by atoms with Gasteiger partial charge in [-0.3, -0.25) is 10.1 Å². The molecule has 1 fully saturated rings. The Bertz CT molecular complexity index is 630. The predicted octanol–water partition coefficient (Wildman–Crippen LogP) is 2.24. The van der Waals surface area contributed by atoms with Crippen LogP contribution in [0.4, 0.5) is 10.5 Å². The first-order valence-electron chi connectivity index (χ1n) is 8.21. The first kappa shape index (κ1) is 21.9. The van der Waals surface area contributed by atoms with E-state index in [9.17, 15) is 14.9 Å². The number of aliphatic imine (C=N–C) groups is 1. The van der Waals surface area contributed by atoms with E-state index in [2.05, 4.69) is 10.3 Å². The van der Waals surface area contributed by atoms with Gasteiger partial charge in [-0.05, 0) is 25.3 Å². The normalized spacial score (nSPS) is 15.1. The largest absolute Gasteiger partial charge is 0.450 e. The highest BCUT2D eigenvalue weighted by Gasteiger charge is 2.23. The molecule has 0 atom stereocenters. The van der Waals surface area contributed by atoms with Crippen molar-refractivity contribution < 1.29 is 14.5 Å². The number of carbonyl (C=O) groups is 1. The zero-order valence-corrected chi connectivity index (χ0v) is 16.9. The summed E-state index contributed by atoms with van der Waals surface area (Å²) in [4.78, 5) is 27.8. The lowest BCUT2D eigenvalue weighted by Gasteiger charge is -2.31. The SMILES string of the molecule is CCOC(=O)N1CCC(NC(N)=NCc2ccc([N+](=O)[O-])cc2)CC1.I. The Morgan fingerprint density at radius 2 is 2.00 bits per heavy atom. The Kier molecular flexibility index (Phi) is 9.10. The van der Waals surface area contributed by atoms with E-state index in [0.29, 0.717) is 32.2 Å². The van der Waals surface area contributed by atoms with Gasteiger partial charge in [0, 0.05) is 31.3 Å². The van der Waals surface area contributed by atoms with Crippen molar-refractivity contribution in [3.63, 3.8) is 0 Å². The number of nitro benzene ring substituents is 1. The quantitative estimate of drug-likeness (QED) is 0.221. The van der Waals surface area contributed by atoms with E-state index < -0.39 is 4.92 Å². The van der Waals surface area contributed by atoms with Crippen LogP contribution >= 0.6 is 24.0 Å². The van der Waals surface area contributed by atoms with E-state index in [0.717, 1.165) is 18.4 Å². The third kappa shape index (κ3) is 6.65. The summed E-state index contributed by atoms with van der Waals surface area (Å²) in [6.07, 6.45) is 1.26. The molecule has 2 rings (SSSR count). The molecule has 1 aliphatic rings. The molecule has 1 heterocycles. The number of benzene rings is 1. The molecule has 144 valence electrons. The molecule has 10 heteroatoms. The second kappa shape index (κ2) is 10.8. The maximum atomic E-state index is 11.6. The van der Waals surface area contributed by atoms with E-state index >= 15 is 0 Å². The van der Waals surface area contributed by atoms with Crippen LogP contribution in [0.15, 0.2) is 29.3 Å². The first-order chi connectivity index (χ1) is 12.0. The molecule has 0 radical (unpaired) electrons. The van der Waals surface area contributed by atoms with Crippen molar-refractivity contribution in [3.8, 4) is 0 Å². The van der Waals surface area contributed by atoms with Gasteiger partial charge in [0.1, 0.15) is 0 Å². The molecule has 1 aromatic rings. The van der Waals surface area contributed by atoms with Crippen LogP contribution in [0, 0.1) is 10.1 Å². The predicted molar refractivity (Wildman–Crippen MR) is 109 cm³/mol. The summed E-state index contributed by atoms with van der Waals surface area (Å²) in [5.74, 6) is 0.327. The van der Waals surface area contributed by atoms with Crippen molar-refractivity contribution in [2.45, 2.75) is 32.4 Å². The number of nitrogens with two attached hydrogens (primary N) is 1. The number of rotatable bonds is 5. The molecule has 0 saturated carbocycles. The number of non-ortho nitro benzene ring substituents is 1. The average molecular weight is 477 g/mol. The van der Waals surface area contributed by atoms with E-state index in [1.54, 1.807) is 24.0 Å². The third-order valence-corrected chi connectivity index (χ3v) is 3.95. The maximum Gasteiger partial charge on any atom is 0.409 e. The molecule has 9 nitrogen and oxygen atoms in total. The molecule has 1 aromatic carbocycles. The molecule has 1 saturated heterocycles. The number of ether oxygens (including phenoxy) is 1. The number of carbonyl (C=O) groups excluding carboxylic acids is 1. The molecule has 3 N–H and O–H groups in total.